The summed E-state index contributed by atoms with van der Waals surface area (Å²) in [7, 11) is 0. The van der Waals surface area contributed by atoms with E-state index in [9.17, 15) is 72.5 Å². The van der Waals surface area contributed by atoms with Gasteiger partial charge in [0, 0.05) is 45.7 Å². The third-order valence-electron chi connectivity index (χ3n) is 17.5. The van der Waals surface area contributed by atoms with E-state index in [1.807, 2.05) is 0 Å². The van der Waals surface area contributed by atoms with Crippen molar-refractivity contribution in [1.29, 1.82) is 0 Å². The van der Waals surface area contributed by atoms with Crippen LogP contribution in [0.4, 0.5) is 0 Å². The summed E-state index contributed by atoms with van der Waals surface area (Å²) in [5.74, 6) is -14.1. The van der Waals surface area contributed by atoms with Crippen molar-refractivity contribution in [2.75, 3.05) is 52.4 Å². The minimum atomic E-state index is -1.56. The van der Waals surface area contributed by atoms with E-state index in [4.69, 9.17) is 80.3 Å². The van der Waals surface area contributed by atoms with E-state index < -0.39 is 168 Å². The number of hydrogen-bond donors (Lipinski definition) is 26. The number of nitrogens with one attached hydrogen (secondary N) is 10. The third-order valence-corrected chi connectivity index (χ3v) is 17.5. The van der Waals surface area contributed by atoms with Crippen LogP contribution in [0.25, 0.3) is 0 Å². The zero-order chi connectivity index (χ0) is 83.2. The molecule has 0 aromatic carbocycles. The van der Waals surface area contributed by atoms with E-state index in [0.717, 1.165) is 0 Å². The lowest BCUT2D eigenvalue weighted by Gasteiger charge is -2.29. The zero-order valence-electron chi connectivity index (χ0n) is 63.6. The molecule has 1 fully saturated rings. The first-order valence-corrected chi connectivity index (χ1v) is 36.9. The molecule has 14 atom stereocenters. The number of aliphatic hydroxyl groups is 1. The number of carbonyl (C=O) groups is 13. The van der Waals surface area contributed by atoms with Gasteiger partial charge in [-0.05, 0) is 155 Å². The number of likely N-dealkylation sites (tertiary alicyclic amines) is 1. The van der Waals surface area contributed by atoms with Crippen molar-refractivity contribution in [2.24, 2.45) is 111 Å². The second-order valence-electron chi connectivity index (χ2n) is 26.7. The van der Waals surface area contributed by atoms with Crippen LogP contribution in [-0.4, -0.2) is 253 Å². The molecule has 12 amide bonds. The Morgan fingerprint density at radius 2 is 0.700 bits per heavy atom. The standard InChI is InChI=1S/C65H124N30O15/c1-5-34(2)48(60(109)110)94-57(106)43(22-14-32-84-65(78)79)92-52(101)38(17-7-9-27-67)87-51(100)37(16-6-8-26-66)88-54(103)41(20-12-30-82-63(74)75)91-55(104)42(21-13-31-83-64(76)77)90-53(102)40(19-11-29-81-62(72)73)86-49(98)35(3)85-50(99)39(18-10-28-80-61(70)71)89-56(105)44(24-25-46(68)97)93-58(107)45-23-15-33-95(45)59(108)47(69)36(4)96/h34-45,47-48,96H,5-33,66-67,69H2,1-4H3,(H2,68,97)(H,85,99)(H,86,98)(H,87,100)(H,88,103)(H,89,105)(H,90,102)(H,91,104)(H,92,101)(H,93,107)(H,94,106)(H,109,110)(H4,70,71,80)(H4,72,73,81)(H4,74,75,82)(H4,76,77,83)(H4,78,79,84)/t34-,35-,36+,37-,38-,39-,40-,41-,42-,43-,44-,45-,47-,48-/m0/s1. The van der Waals surface area contributed by atoms with Crippen LogP contribution >= 0.6 is 0 Å². The monoisotopic (exact) mass is 1560 g/mol. The number of carbonyl (C=O) groups excluding carboxylic acids is 12. The smallest absolute Gasteiger partial charge is 0.326 e. The number of carboxylic acids is 1. The van der Waals surface area contributed by atoms with E-state index in [1.54, 1.807) is 13.8 Å². The number of aliphatic hydroxyl groups excluding tert-OH is 1. The molecule has 1 aliphatic heterocycles. The molecule has 0 aromatic heterocycles. The fourth-order valence-corrected chi connectivity index (χ4v) is 11.2. The molecule has 1 rings (SSSR count). The number of aliphatic imine (C=N–C) groups is 5. The quantitative estimate of drug-likeness (QED) is 0.0153. The zero-order valence-corrected chi connectivity index (χ0v) is 63.6. The van der Waals surface area contributed by atoms with Crippen LogP contribution in [-0.2, 0) is 62.3 Å². The maximum Gasteiger partial charge on any atom is 0.326 e. The molecule has 45 nitrogen and oxygen atoms in total. The normalized spacial score (nSPS) is 15.9. The van der Waals surface area contributed by atoms with Gasteiger partial charge in [0.1, 0.15) is 72.5 Å². The summed E-state index contributed by atoms with van der Waals surface area (Å²) in [5, 5.41) is 46.0. The highest BCUT2D eigenvalue weighted by molar-refractivity contribution is 6.00. The third kappa shape index (κ3) is 39.4. The number of nitrogens with zero attached hydrogens (tertiary/aromatic N) is 6. The van der Waals surface area contributed by atoms with Crippen molar-refractivity contribution in [3.05, 3.63) is 0 Å². The Morgan fingerprint density at radius 3 is 0.982 bits per heavy atom. The molecule has 0 aliphatic carbocycles. The largest absolute Gasteiger partial charge is 0.480 e. The second kappa shape index (κ2) is 53.2. The van der Waals surface area contributed by atoms with E-state index in [0.29, 0.717) is 25.7 Å². The number of primary amides is 1. The molecule has 0 bridgehead atoms. The van der Waals surface area contributed by atoms with Crippen LogP contribution in [0.15, 0.2) is 25.0 Å². The summed E-state index contributed by atoms with van der Waals surface area (Å²) < 4.78 is 0. The summed E-state index contributed by atoms with van der Waals surface area (Å²) in [6.45, 7) is 6.15. The van der Waals surface area contributed by atoms with Crippen LogP contribution in [0.2, 0.25) is 0 Å². The molecular formula is C65H124N30O15. The van der Waals surface area contributed by atoms with Gasteiger partial charge in [0.05, 0.1) is 6.10 Å². The molecule has 110 heavy (non-hydrogen) atoms. The van der Waals surface area contributed by atoms with Crippen molar-refractivity contribution in [1.82, 2.24) is 58.1 Å². The van der Waals surface area contributed by atoms with Gasteiger partial charge in [-0.1, -0.05) is 20.3 Å². The van der Waals surface area contributed by atoms with Crippen molar-refractivity contribution in [3.8, 4) is 0 Å². The maximum atomic E-state index is 14.8. The predicted molar refractivity (Wildman–Crippen MR) is 410 cm³/mol. The SMILES string of the molecule is CC[C@H](C)[C@H](NC(=O)[C@H](CCCN=C(N)N)NC(=O)[C@H](CCCCN)NC(=O)[C@H](CCCCN)NC(=O)[C@H](CCCN=C(N)N)NC(=O)[C@H](CCCN=C(N)N)NC(=O)[C@H](CCCN=C(N)N)NC(=O)[C@H](C)NC(=O)[C@H](CCCN=C(N)N)NC(=O)[C@H](CCC(N)=O)NC(=O)[C@@H]1CCCN1C(=O)[C@@H](N)[C@@H](C)O)C(=O)O. The Hall–Kier alpha value is -10.7. The van der Waals surface area contributed by atoms with E-state index in [-0.39, 0.29) is 185 Å². The van der Waals surface area contributed by atoms with Crippen LogP contribution in [0.3, 0.4) is 0 Å². The second-order valence-corrected chi connectivity index (χ2v) is 26.7. The first-order valence-electron chi connectivity index (χ1n) is 36.9. The van der Waals surface area contributed by atoms with Gasteiger partial charge in [0.15, 0.2) is 29.8 Å². The summed E-state index contributed by atoms with van der Waals surface area (Å²) in [6, 6.07) is -17.2. The van der Waals surface area contributed by atoms with Crippen molar-refractivity contribution >= 4 is 107 Å². The van der Waals surface area contributed by atoms with Gasteiger partial charge in [0.25, 0.3) is 0 Å². The highest BCUT2D eigenvalue weighted by atomic mass is 16.4. The average Bonchev–Trinajstić information content (AvgIpc) is 1.65. The fraction of sp³-hybridized carbons (Fsp3) is 0.723. The van der Waals surface area contributed by atoms with E-state index in [2.05, 4.69) is 78.1 Å². The number of nitrogens with two attached hydrogens (primary N) is 14. The van der Waals surface area contributed by atoms with Crippen molar-refractivity contribution in [2.45, 2.75) is 241 Å². The molecule has 0 spiro atoms. The molecule has 0 aromatic rings. The predicted octanol–water partition coefficient (Wildman–Crippen LogP) is -10.5. The number of rotatable bonds is 56. The van der Waals surface area contributed by atoms with Crippen LogP contribution in [0.1, 0.15) is 163 Å². The topological polar surface area (TPSA) is 812 Å². The Morgan fingerprint density at radius 1 is 0.409 bits per heavy atom. The summed E-state index contributed by atoms with van der Waals surface area (Å²) in [5.41, 5.74) is 78.7. The van der Waals surface area contributed by atoms with Crippen molar-refractivity contribution in [3.63, 3.8) is 0 Å². The molecule has 1 saturated heterocycles. The fourth-order valence-electron chi connectivity index (χ4n) is 11.2. The molecule has 0 unspecified atom stereocenters. The van der Waals surface area contributed by atoms with Gasteiger partial charge in [0.2, 0.25) is 70.9 Å². The molecule has 0 radical (unpaired) electrons. The number of guanidine groups is 5. The minimum absolute atomic E-state index is 0.0119. The molecule has 624 valence electrons. The van der Waals surface area contributed by atoms with Gasteiger partial charge in [-0.25, -0.2) is 4.79 Å². The van der Waals surface area contributed by atoms with Crippen LogP contribution < -0.4 is 133 Å². The Balaban J connectivity index is 3.88. The average molecular weight is 1570 g/mol. The van der Waals surface area contributed by atoms with Crippen LogP contribution in [0, 0.1) is 5.92 Å². The molecular weight excluding hydrogens is 1440 g/mol. The summed E-state index contributed by atoms with van der Waals surface area (Å²) >= 11 is 0. The van der Waals surface area contributed by atoms with E-state index >= 15 is 0 Å². The lowest BCUT2D eigenvalue weighted by molar-refractivity contribution is -0.144. The van der Waals surface area contributed by atoms with Crippen molar-refractivity contribution < 1.29 is 72.5 Å². The molecule has 40 N–H and O–H groups in total. The molecule has 1 heterocycles. The highest BCUT2D eigenvalue weighted by Crippen LogP contribution is 2.20. The van der Waals surface area contributed by atoms with E-state index in [1.165, 1.54) is 18.7 Å². The van der Waals surface area contributed by atoms with Gasteiger partial charge < -0.3 is 149 Å². The van der Waals surface area contributed by atoms with Gasteiger partial charge >= 0.3 is 5.97 Å². The Kier molecular flexibility index (Phi) is 47.0. The Bertz CT molecular complexity index is 3140. The first kappa shape index (κ1) is 97.3. The lowest BCUT2D eigenvalue weighted by atomic mass is 9.98. The number of unbranched alkanes of at least 4 members (excludes halogenated alkanes) is 2. The Labute approximate surface area is 639 Å². The highest BCUT2D eigenvalue weighted by Gasteiger charge is 2.41. The maximum absolute atomic E-state index is 14.8. The number of amides is 12. The lowest BCUT2D eigenvalue weighted by Crippen LogP contribution is -2.60. The summed E-state index contributed by atoms with van der Waals surface area (Å²) in [6.07, 6.45) is -0.661. The molecule has 45 heteroatoms. The van der Waals surface area contributed by atoms with Gasteiger partial charge in [-0.2, -0.15) is 0 Å². The van der Waals surface area contributed by atoms with Crippen LogP contribution in [0.5, 0.6) is 0 Å². The molecule has 1 aliphatic rings. The molecule has 0 saturated carbocycles. The number of hydrogen-bond acceptors (Lipinski definition) is 22. The number of aliphatic carboxylic acids is 1. The first-order chi connectivity index (χ1) is 51.9. The minimum Gasteiger partial charge on any atom is -0.480 e. The van der Waals surface area contributed by atoms with Gasteiger partial charge in [-0.3, -0.25) is 82.5 Å². The number of carboxylic acid groups (broad SMARTS) is 1. The van der Waals surface area contributed by atoms with Gasteiger partial charge in [-0.15, -0.1) is 0 Å². The summed E-state index contributed by atoms with van der Waals surface area (Å²) in [4.78, 5) is 202.